The fourth-order valence-electron chi connectivity index (χ4n) is 2.16. The van der Waals surface area contributed by atoms with Gasteiger partial charge in [0.25, 0.3) is 0 Å². The Kier molecular flexibility index (Phi) is 6.12. The van der Waals surface area contributed by atoms with E-state index in [2.05, 4.69) is 5.32 Å². The number of carbonyl (C=O) groups excluding carboxylic acids is 2. The molecule has 2 amide bonds. The molecule has 0 aromatic carbocycles. The summed E-state index contributed by atoms with van der Waals surface area (Å²) in [6.45, 7) is 5.74. The zero-order valence-corrected chi connectivity index (χ0v) is 11.4. The van der Waals surface area contributed by atoms with Crippen molar-refractivity contribution in [1.82, 2.24) is 10.2 Å². The third kappa shape index (κ3) is 5.04. The molecule has 5 heteroatoms. The van der Waals surface area contributed by atoms with Crippen LogP contribution in [0.3, 0.4) is 0 Å². The molecular weight excluding hydrogens is 230 g/mol. The highest BCUT2D eigenvalue weighted by Gasteiger charge is 2.19. The molecule has 104 valence electrons. The van der Waals surface area contributed by atoms with Gasteiger partial charge in [0.1, 0.15) is 0 Å². The highest BCUT2D eigenvalue weighted by atomic mass is 16.2. The Bertz CT molecular complexity index is 286. The monoisotopic (exact) mass is 255 g/mol. The second-order valence-electron chi connectivity index (χ2n) is 5.40. The van der Waals surface area contributed by atoms with Crippen molar-refractivity contribution >= 4 is 11.8 Å². The third-order valence-electron chi connectivity index (χ3n) is 3.18. The normalized spacial score (nSPS) is 17.7. The van der Waals surface area contributed by atoms with Crippen molar-refractivity contribution in [1.29, 1.82) is 0 Å². The lowest BCUT2D eigenvalue weighted by molar-refractivity contribution is -0.133. The average Bonchev–Trinajstić information content (AvgIpc) is 2.35. The van der Waals surface area contributed by atoms with Gasteiger partial charge < -0.3 is 16.0 Å². The van der Waals surface area contributed by atoms with E-state index < -0.39 is 6.04 Å². The van der Waals surface area contributed by atoms with Gasteiger partial charge in [-0.2, -0.15) is 0 Å². The molecule has 3 N–H and O–H groups in total. The van der Waals surface area contributed by atoms with Crippen molar-refractivity contribution in [3.8, 4) is 0 Å². The highest BCUT2D eigenvalue weighted by Crippen LogP contribution is 2.08. The first-order valence-electron chi connectivity index (χ1n) is 6.81. The Labute approximate surface area is 109 Å². The summed E-state index contributed by atoms with van der Waals surface area (Å²) in [5.41, 5.74) is 5.75. The van der Waals surface area contributed by atoms with E-state index in [0.29, 0.717) is 12.3 Å². The summed E-state index contributed by atoms with van der Waals surface area (Å²) < 4.78 is 0. The number of amides is 2. The topological polar surface area (TPSA) is 75.4 Å². The van der Waals surface area contributed by atoms with E-state index in [1.807, 2.05) is 18.7 Å². The number of likely N-dealkylation sites (tertiary alicyclic amines) is 1. The second-order valence-corrected chi connectivity index (χ2v) is 5.40. The summed E-state index contributed by atoms with van der Waals surface area (Å²) in [4.78, 5) is 25.3. The predicted molar refractivity (Wildman–Crippen MR) is 70.9 cm³/mol. The number of hydrogen-bond acceptors (Lipinski definition) is 3. The molecule has 0 aromatic heterocycles. The summed E-state index contributed by atoms with van der Waals surface area (Å²) in [5, 5.41) is 2.63. The molecule has 1 rings (SSSR count). The Hall–Kier alpha value is -1.10. The van der Waals surface area contributed by atoms with Crippen LogP contribution < -0.4 is 11.1 Å². The smallest absolute Gasteiger partial charge is 0.241 e. The van der Waals surface area contributed by atoms with Crippen LogP contribution in [0.5, 0.6) is 0 Å². The standard InChI is InChI=1S/C13H25N3O2/c1-10(2)8-11(14)13(18)15-9-12(17)16-6-4-3-5-7-16/h10-11H,3-9,14H2,1-2H3,(H,15,18). The van der Waals surface area contributed by atoms with Crippen molar-refractivity contribution < 1.29 is 9.59 Å². The molecule has 0 aliphatic carbocycles. The van der Waals surface area contributed by atoms with Crippen molar-refractivity contribution in [2.24, 2.45) is 11.7 Å². The van der Waals surface area contributed by atoms with Gasteiger partial charge in [0.05, 0.1) is 12.6 Å². The van der Waals surface area contributed by atoms with Crippen LogP contribution in [-0.2, 0) is 9.59 Å². The fourth-order valence-corrected chi connectivity index (χ4v) is 2.16. The lowest BCUT2D eigenvalue weighted by atomic mass is 10.0. The van der Waals surface area contributed by atoms with Crippen molar-refractivity contribution in [2.45, 2.75) is 45.6 Å². The van der Waals surface area contributed by atoms with Gasteiger partial charge in [-0.3, -0.25) is 9.59 Å². The van der Waals surface area contributed by atoms with Crippen LogP contribution in [0.2, 0.25) is 0 Å². The molecule has 1 heterocycles. The summed E-state index contributed by atoms with van der Waals surface area (Å²) in [5.74, 6) is 0.150. The van der Waals surface area contributed by atoms with E-state index >= 15 is 0 Å². The average molecular weight is 255 g/mol. The first kappa shape index (κ1) is 15.0. The maximum atomic E-state index is 11.8. The Balaban J connectivity index is 2.26. The number of carbonyl (C=O) groups is 2. The van der Waals surface area contributed by atoms with Crippen LogP contribution in [0.25, 0.3) is 0 Å². The minimum Gasteiger partial charge on any atom is -0.346 e. The summed E-state index contributed by atoms with van der Waals surface area (Å²) in [6, 6.07) is -0.515. The van der Waals surface area contributed by atoms with E-state index in [1.165, 1.54) is 6.42 Å². The number of nitrogens with zero attached hydrogens (tertiary/aromatic N) is 1. The number of nitrogens with two attached hydrogens (primary N) is 1. The molecule has 1 saturated heterocycles. The fraction of sp³-hybridized carbons (Fsp3) is 0.846. The lowest BCUT2D eigenvalue weighted by Crippen LogP contribution is -2.47. The molecule has 1 aliphatic rings. The molecular formula is C13H25N3O2. The van der Waals surface area contributed by atoms with Gasteiger partial charge in [-0.25, -0.2) is 0 Å². The zero-order valence-electron chi connectivity index (χ0n) is 11.4. The first-order chi connectivity index (χ1) is 8.50. The minimum atomic E-state index is -0.515. The zero-order chi connectivity index (χ0) is 13.5. The van der Waals surface area contributed by atoms with E-state index in [9.17, 15) is 9.59 Å². The predicted octanol–water partition coefficient (Wildman–Crippen LogP) is 0.489. The van der Waals surface area contributed by atoms with Crippen LogP contribution in [0.15, 0.2) is 0 Å². The third-order valence-corrected chi connectivity index (χ3v) is 3.18. The van der Waals surface area contributed by atoms with Gasteiger partial charge in [-0.05, 0) is 31.6 Å². The van der Waals surface area contributed by atoms with Gasteiger partial charge in [-0.15, -0.1) is 0 Å². The van der Waals surface area contributed by atoms with Crippen LogP contribution in [0.4, 0.5) is 0 Å². The number of rotatable bonds is 5. The van der Waals surface area contributed by atoms with Crippen LogP contribution in [-0.4, -0.2) is 42.4 Å². The largest absolute Gasteiger partial charge is 0.346 e. The molecule has 0 bridgehead atoms. The Morgan fingerprint density at radius 2 is 1.83 bits per heavy atom. The van der Waals surface area contributed by atoms with Crippen LogP contribution >= 0.6 is 0 Å². The van der Waals surface area contributed by atoms with E-state index in [-0.39, 0.29) is 18.4 Å². The number of nitrogens with one attached hydrogen (secondary N) is 1. The molecule has 18 heavy (non-hydrogen) atoms. The minimum absolute atomic E-state index is 0.000188. The Morgan fingerprint density at radius 3 is 2.39 bits per heavy atom. The van der Waals surface area contributed by atoms with E-state index in [0.717, 1.165) is 25.9 Å². The molecule has 1 aliphatic heterocycles. The first-order valence-corrected chi connectivity index (χ1v) is 6.81. The van der Waals surface area contributed by atoms with Gasteiger partial charge in [0.15, 0.2) is 0 Å². The van der Waals surface area contributed by atoms with Gasteiger partial charge in [-0.1, -0.05) is 13.8 Å². The SMILES string of the molecule is CC(C)CC(N)C(=O)NCC(=O)N1CCCCC1. The highest BCUT2D eigenvalue weighted by molar-refractivity contribution is 5.87. The van der Waals surface area contributed by atoms with Crippen LogP contribution in [0, 0.1) is 5.92 Å². The van der Waals surface area contributed by atoms with Gasteiger partial charge >= 0.3 is 0 Å². The quantitative estimate of drug-likeness (QED) is 0.750. The molecule has 0 aromatic rings. The van der Waals surface area contributed by atoms with E-state index in [4.69, 9.17) is 5.73 Å². The maximum absolute atomic E-state index is 11.8. The van der Waals surface area contributed by atoms with Crippen LogP contribution in [0.1, 0.15) is 39.5 Å². The number of hydrogen-bond donors (Lipinski definition) is 2. The van der Waals surface area contributed by atoms with E-state index in [1.54, 1.807) is 0 Å². The van der Waals surface area contributed by atoms with Crippen molar-refractivity contribution in [3.63, 3.8) is 0 Å². The van der Waals surface area contributed by atoms with Gasteiger partial charge in [0, 0.05) is 13.1 Å². The molecule has 0 radical (unpaired) electrons. The molecule has 1 fully saturated rings. The molecule has 0 spiro atoms. The molecule has 0 saturated carbocycles. The Morgan fingerprint density at radius 1 is 1.22 bits per heavy atom. The summed E-state index contributed by atoms with van der Waals surface area (Å²) >= 11 is 0. The molecule has 1 unspecified atom stereocenters. The van der Waals surface area contributed by atoms with Crippen molar-refractivity contribution in [3.05, 3.63) is 0 Å². The summed E-state index contributed by atoms with van der Waals surface area (Å²) in [7, 11) is 0. The lowest BCUT2D eigenvalue weighted by Gasteiger charge is -2.27. The number of piperidine rings is 1. The van der Waals surface area contributed by atoms with Crippen molar-refractivity contribution in [2.75, 3.05) is 19.6 Å². The maximum Gasteiger partial charge on any atom is 0.241 e. The van der Waals surface area contributed by atoms with Gasteiger partial charge in [0.2, 0.25) is 11.8 Å². The molecule has 5 nitrogen and oxygen atoms in total. The summed E-state index contributed by atoms with van der Waals surface area (Å²) in [6.07, 6.45) is 3.96. The second kappa shape index (κ2) is 7.36. The molecule has 1 atom stereocenters.